The molecule has 0 spiro atoms. The molecule has 0 aliphatic rings. The number of hydrogen-bond donors (Lipinski definition) is 0. The third-order valence-electron chi connectivity index (χ3n) is 2.01. The second-order valence-electron chi connectivity index (χ2n) is 2.90. The van der Waals surface area contributed by atoms with Crippen LogP contribution in [0.2, 0.25) is 0 Å². The van der Waals surface area contributed by atoms with Gasteiger partial charge in [0.05, 0.1) is 23.7 Å². The largest absolute Gasteiger partial charge is 0.265 e. The molecule has 0 fully saturated rings. The molecular weight excluding hydrogens is 280 g/mol. The van der Waals surface area contributed by atoms with E-state index in [9.17, 15) is 8.78 Å². The summed E-state index contributed by atoms with van der Waals surface area (Å²) in [7, 11) is 0. The summed E-state index contributed by atoms with van der Waals surface area (Å²) in [4.78, 5) is 3.88. The van der Waals surface area contributed by atoms with E-state index in [-0.39, 0.29) is 34.1 Å². The number of nitrogens with zero attached hydrogens (tertiary/aromatic N) is 3. The van der Waals surface area contributed by atoms with E-state index in [2.05, 4.69) is 20.9 Å². The fraction of sp³-hybridized carbons (Fsp3) is 0.300. The smallest absolute Gasteiger partial charge is 0.259 e. The van der Waals surface area contributed by atoms with Gasteiger partial charge in [-0.15, -0.1) is 0 Å². The van der Waals surface area contributed by atoms with Crippen molar-refractivity contribution in [1.82, 2.24) is 4.98 Å². The summed E-state index contributed by atoms with van der Waals surface area (Å²) < 4.78 is 25.6. The number of alkyl halides is 3. The van der Waals surface area contributed by atoms with Gasteiger partial charge in [0.2, 0.25) is 0 Å². The van der Waals surface area contributed by atoms with Gasteiger partial charge in [0, 0.05) is 17.1 Å². The van der Waals surface area contributed by atoms with Gasteiger partial charge in [0.1, 0.15) is 6.07 Å². The quantitative estimate of drug-likeness (QED) is 0.803. The Morgan fingerprint density at radius 2 is 2.12 bits per heavy atom. The molecule has 0 aliphatic carbocycles. The van der Waals surface area contributed by atoms with E-state index in [0.717, 1.165) is 0 Å². The molecule has 0 N–H and O–H groups in total. The van der Waals surface area contributed by atoms with Crippen molar-refractivity contribution < 1.29 is 8.78 Å². The monoisotopic (exact) mass is 285 g/mol. The molecule has 0 saturated carbocycles. The van der Waals surface area contributed by atoms with Gasteiger partial charge in [0.15, 0.2) is 0 Å². The molecule has 0 aliphatic heterocycles. The molecule has 0 amide bonds. The summed E-state index contributed by atoms with van der Waals surface area (Å²) in [5, 5.41) is 17.6. The minimum absolute atomic E-state index is 0.110. The molecule has 1 heterocycles. The lowest BCUT2D eigenvalue weighted by Gasteiger charge is -2.10. The first kappa shape index (κ1) is 12.5. The van der Waals surface area contributed by atoms with Crippen molar-refractivity contribution in [3.63, 3.8) is 0 Å². The van der Waals surface area contributed by atoms with Crippen molar-refractivity contribution in [2.45, 2.75) is 18.2 Å². The molecule has 0 aromatic carbocycles. The maximum atomic E-state index is 12.8. The summed E-state index contributed by atoms with van der Waals surface area (Å²) in [6, 6.07) is 3.49. The highest BCUT2D eigenvalue weighted by Gasteiger charge is 2.21. The molecule has 3 nitrogen and oxygen atoms in total. The van der Waals surface area contributed by atoms with Crippen LogP contribution in [-0.4, -0.2) is 4.98 Å². The van der Waals surface area contributed by atoms with Crippen molar-refractivity contribution in [3.05, 3.63) is 28.6 Å². The van der Waals surface area contributed by atoms with Gasteiger partial charge in [-0.1, -0.05) is 15.9 Å². The van der Waals surface area contributed by atoms with E-state index in [1.165, 1.54) is 6.20 Å². The molecule has 6 heteroatoms. The van der Waals surface area contributed by atoms with E-state index in [4.69, 9.17) is 10.5 Å². The van der Waals surface area contributed by atoms with E-state index < -0.39 is 6.43 Å². The zero-order valence-corrected chi connectivity index (χ0v) is 9.63. The second kappa shape index (κ2) is 5.53. The molecule has 82 valence electrons. The third-order valence-corrected chi connectivity index (χ3v) is 2.54. The average Bonchev–Trinajstić information content (AvgIpc) is 2.28. The van der Waals surface area contributed by atoms with Crippen LogP contribution in [0.4, 0.5) is 8.78 Å². The first-order valence-electron chi connectivity index (χ1n) is 4.27. The molecule has 0 saturated heterocycles. The van der Waals surface area contributed by atoms with Crippen LogP contribution >= 0.6 is 15.9 Å². The Balaban J connectivity index is 3.47. The standard InChI is InChI=1S/C10H6BrF2N3/c11-3-8-7(4-15)9(10(12)13)6(1-2-14)5-16-8/h5,10H,1,3H2. The summed E-state index contributed by atoms with van der Waals surface area (Å²) in [5.74, 6) is 0. The first-order valence-corrected chi connectivity index (χ1v) is 5.39. The van der Waals surface area contributed by atoms with Crippen LogP contribution in [0.15, 0.2) is 6.20 Å². The Hall–Kier alpha value is -1.53. The second-order valence-corrected chi connectivity index (χ2v) is 3.46. The van der Waals surface area contributed by atoms with Crippen LogP contribution in [0.25, 0.3) is 0 Å². The average molecular weight is 286 g/mol. The van der Waals surface area contributed by atoms with Gasteiger partial charge in [-0.05, 0) is 5.56 Å². The Morgan fingerprint density at radius 3 is 2.56 bits per heavy atom. The fourth-order valence-corrected chi connectivity index (χ4v) is 1.73. The highest BCUT2D eigenvalue weighted by Crippen LogP contribution is 2.28. The predicted molar refractivity (Wildman–Crippen MR) is 55.9 cm³/mol. The van der Waals surface area contributed by atoms with Crippen LogP contribution in [0, 0.1) is 22.7 Å². The molecule has 1 aromatic heterocycles. The number of nitriles is 2. The van der Waals surface area contributed by atoms with E-state index in [1.807, 2.05) is 0 Å². The van der Waals surface area contributed by atoms with E-state index in [0.29, 0.717) is 0 Å². The fourth-order valence-electron chi connectivity index (χ4n) is 1.31. The highest BCUT2D eigenvalue weighted by atomic mass is 79.9. The predicted octanol–water partition coefficient (Wildman–Crippen LogP) is 2.85. The van der Waals surface area contributed by atoms with Gasteiger partial charge < -0.3 is 0 Å². The summed E-state index contributed by atoms with van der Waals surface area (Å²) in [6.45, 7) is 0. The molecule has 0 bridgehead atoms. The molecule has 0 unspecified atom stereocenters. The third kappa shape index (κ3) is 2.34. The van der Waals surface area contributed by atoms with Crippen LogP contribution in [0.3, 0.4) is 0 Å². The lowest BCUT2D eigenvalue weighted by atomic mass is 10.0. The maximum Gasteiger partial charge on any atom is 0.265 e. The Morgan fingerprint density at radius 1 is 1.44 bits per heavy atom. The molecule has 0 radical (unpaired) electrons. The van der Waals surface area contributed by atoms with Crippen LogP contribution < -0.4 is 0 Å². The van der Waals surface area contributed by atoms with Crippen molar-refractivity contribution in [1.29, 1.82) is 10.5 Å². The summed E-state index contributed by atoms with van der Waals surface area (Å²) >= 11 is 3.07. The molecule has 1 rings (SSSR count). The topological polar surface area (TPSA) is 60.5 Å². The molecular formula is C10H6BrF2N3. The highest BCUT2D eigenvalue weighted by molar-refractivity contribution is 9.08. The number of rotatable bonds is 3. The number of hydrogen-bond acceptors (Lipinski definition) is 3. The zero-order valence-electron chi connectivity index (χ0n) is 8.04. The minimum atomic E-state index is -2.78. The summed E-state index contributed by atoms with van der Waals surface area (Å²) in [6.07, 6.45) is -1.73. The van der Waals surface area contributed by atoms with Gasteiger partial charge in [-0.25, -0.2) is 8.78 Å². The van der Waals surface area contributed by atoms with Gasteiger partial charge in [-0.2, -0.15) is 10.5 Å². The molecule has 16 heavy (non-hydrogen) atoms. The van der Waals surface area contributed by atoms with Gasteiger partial charge in [0.25, 0.3) is 6.43 Å². The maximum absolute atomic E-state index is 12.8. The zero-order chi connectivity index (χ0) is 12.1. The van der Waals surface area contributed by atoms with Crippen LogP contribution in [0.5, 0.6) is 0 Å². The Labute approximate surface area is 99.5 Å². The first-order chi connectivity index (χ1) is 7.65. The van der Waals surface area contributed by atoms with E-state index in [1.54, 1.807) is 12.1 Å². The summed E-state index contributed by atoms with van der Waals surface area (Å²) in [5.41, 5.74) is -0.147. The van der Waals surface area contributed by atoms with Crippen LogP contribution in [0.1, 0.15) is 28.8 Å². The van der Waals surface area contributed by atoms with Gasteiger partial charge in [-0.3, -0.25) is 4.98 Å². The lowest BCUT2D eigenvalue weighted by molar-refractivity contribution is 0.150. The van der Waals surface area contributed by atoms with Crippen molar-refractivity contribution in [2.24, 2.45) is 0 Å². The molecule has 1 aromatic rings. The SMILES string of the molecule is N#CCc1cnc(CBr)c(C#N)c1C(F)F. The Kier molecular flexibility index (Phi) is 4.33. The normalized spacial score (nSPS) is 9.88. The molecule has 0 atom stereocenters. The van der Waals surface area contributed by atoms with Crippen molar-refractivity contribution in [3.8, 4) is 12.1 Å². The number of halogens is 3. The minimum Gasteiger partial charge on any atom is -0.259 e. The number of aromatic nitrogens is 1. The lowest BCUT2D eigenvalue weighted by Crippen LogP contribution is -2.04. The van der Waals surface area contributed by atoms with E-state index >= 15 is 0 Å². The van der Waals surface area contributed by atoms with Gasteiger partial charge >= 0.3 is 0 Å². The van der Waals surface area contributed by atoms with Crippen LogP contribution in [-0.2, 0) is 11.8 Å². The van der Waals surface area contributed by atoms with Crippen molar-refractivity contribution >= 4 is 15.9 Å². The number of pyridine rings is 1. The Bertz CT molecular complexity index is 474. The van der Waals surface area contributed by atoms with Crippen molar-refractivity contribution in [2.75, 3.05) is 0 Å².